The highest BCUT2D eigenvalue weighted by Crippen LogP contribution is 2.34. The Labute approximate surface area is 112 Å². The molecule has 0 radical (unpaired) electrons. The standard InChI is InChI=1S/C8H3ClN6O2.C2H6/c9-6-4-1-2-10-3-5(4)14-8(11-12-13-14)7(6)15(16)17;1-2/h1-3H;1-2H3. The van der Waals surface area contributed by atoms with Crippen LogP contribution in [0.25, 0.3) is 16.6 Å². The number of hydrogen-bond donors (Lipinski definition) is 0. The lowest BCUT2D eigenvalue weighted by atomic mass is 10.2. The molecule has 0 saturated carbocycles. The first-order valence-electron chi connectivity index (χ1n) is 5.48. The van der Waals surface area contributed by atoms with E-state index in [0.29, 0.717) is 10.9 Å². The molecule has 0 amide bonds. The Morgan fingerprint density at radius 1 is 1.42 bits per heavy atom. The lowest BCUT2D eigenvalue weighted by Gasteiger charge is -2.02. The van der Waals surface area contributed by atoms with Crippen molar-refractivity contribution in [1.29, 1.82) is 0 Å². The monoisotopic (exact) mass is 280 g/mol. The number of nitrogens with zero attached hydrogens (tertiary/aromatic N) is 6. The van der Waals surface area contributed by atoms with E-state index in [2.05, 4.69) is 20.5 Å². The molecule has 3 aromatic rings. The fourth-order valence-corrected chi connectivity index (χ4v) is 1.94. The van der Waals surface area contributed by atoms with Crippen molar-refractivity contribution in [3.63, 3.8) is 0 Å². The number of nitro groups is 1. The summed E-state index contributed by atoms with van der Waals surface area (Å²) in [5.74, 6) is 0. The van der Waals surface area contributed by atoms with Crippen LogP contribution < -0.4 is 0 Å². The summed E-state index contributed by atoms with van der Waals surface area (Å²) in [5.41, 5.74) is 0.207. The first kappa shape index (κ1) is 13.1. The SMILES string of the molecule is CC.O=[N+]([O-])c1c(Cl)c2ccncc2n2nnnc12. The number of hydrogen-bond acceptors (Lipinski definition) is 6. The van der Waals surface area contributed by atoms with Gasteiger partial charge in [0.05, 0.1) is 16.6 Å². The highest BCUT2D eigenvalue weighted by atomic mass is 35.5. The molecule has 0 bridgehead atoms. The zero-order chi connectivity index (χ0) is 14.0. The summed E-state index contributed by atoms with van der Waals surface area (Å²) in [6, 6.07) is 1.58. The number of aromatic nitrogens is 5. The molecule has 0 N–H and O–H groups in total. The predicted molar refractivity (Wildman–Crippen MR) is 69.1 cm³/mol. The van der Waals surface area contributed by atoms with Gasteiger partial charge in [-0.25, -0.2) is 0 Å². The second kappa shape index (κ2) is 5.11. The molecular weight excluding hydrogens is 272 g/mol. The van der Waals surface area contributed by atoms with Crippen LogP contribution in [-0.4, -0.2) is 29.9 Å². The number of halogens is 1. The first-order chi connectivity index (χ1) is 9.20. The van der Waals surface area contributed by atoms with E-state index in [-0.39, 0.29) is 16.4 Å². The molecule has 0 atom stereocenters. The van der Waals surface area contributed by atoms with Gasteiger partial charge in [-0.1, -0.05) is 25.4 Å². The molecule has 98 valence electrons. The Kier molecular flexibility index (Phi) is 3.52. The molecule has 0 unspecified atom stereocenters. The highest BCUT2D eigenvalue weighted by molar-refractivity contribution is 6.38. The summed E-state index contributed by atoms with van der Waals surface area (Å²) in [7, 11) is 0. The van der Waals surface area contributed by atoms with Crippen LogP contribution in [-0.2, 0) is 0 Å². The molecule has 0 aliphatic rings. The van der Waals surface area contributed by atoms with Gasteiger partial charge in [-0.05, 0) is 16.5 Å². The zero-order valence-electron chi connectivity index (χ0n) is 10.1. The molecule has 0 spiro atoms. The third-order valence-corrected chi connectivity index (χ3v) is 2.72. The molecule has 3 heterocycles. The highest BCUT2D eigenvalue weighted by Gasteiger charge is 2.24. The van der Waals surface area contributed by atoms with Crippen molar-refractivity contribution in [2.75, 3.05) is 0 Å². The number of tetrazole rings is 1. The molecule has 9 heteroatoms. The Morgan fingerprint density at radius 2 is 2.16 bits per heavy atom. The molecule has 3 rings (SSSR count). The van der Waals surface area contributed by atoms with Crippen molar-refractivity contribution in [3.05, 3.63) is 33.6 Å². The Bertz CT molecular complexity index is 756. The Balaban J connectivity index is 0.000000637. The summed E-state index contributed by atoms with van der Waals surface area (Å²) < 4.78 is 1.24. The van der Waals surface area contributed by atoms with Crippen LogP contribution in [0.4, 0.5) is 5.69 Å². The third-order valence-electron chi connectivity index (χ3n) is 2.34. The topological polar surface area (TPSA) is 99.1 Å². The van der Waals surface area contributed by atoms with Crippen LogP contribution in [0.1, 0.15) is 13.8 Å². The van der Waals surface area contributed by atoms with Gasteiger partial charge < -0.3 is 0 Å². The van der Waals surface area contributed by atoms with Crippen molar-refractivity contribution in [2.24, 2.45) is 0 Å². The van der Waals surface area contributed by atoms with Gasteiger partial charge in [0.1, 0.15) is 5.02 Å². The number of fused-ring (bicyclic) bond motifs is 3. The fourth-order valence-electron chi connectivity index (χ4n) is 1.63. The van der Waals surface area contributed by atoms with Crippen LogP contribution in [0, 0.1) is 10.1 Å². The molecule has 3 aromatic heterocycles. The van der Waals surface area contributed by atoms with E-state index in [1.165, 1.54) is 16.9 Å². The molecule has 0 saturated heterocycles. The first-order valence-corrected chi connectivity index (χ1v) is 5.85. The maximum atomic E-state index is 11.0. The maximum Gasteiger partial charge on any atom is 0.334 e. The van der Waals surface area contributed by atoms with E-state index < -0.39 is 4.92 Å². The van der Waals surface area contributed by atoms with E-state index in [4.69, 9.17) is 11.6 Å². The fraction of sp³-hybridized carbons (Fsp3) is 0.200. The van der Waals surface area contributed by atoms with Gasteiger partial charge in [0.25, 0.3) is 5.65 Å². The van der Waals surface area contributed by atoms with Gasteiger partial charge in [-0.15, -0.1) is 5.10 Å². The lowest BCUT2D eigenvalue weighted by Crippen LogP contribution is -1.99. The molecule has 0 aliphatic heterocycles. The average Bonchev–Trinajstić information content (AvgIpc) is 2.90. The normalized spacial score (nSPS) is 10.3. The van der Waals surface area contributed by atoms with Gasteiger partial charge in [0.15, 0.2) is 0 Å². The van der Waals surface area contributed by atoms with Crippen LogP contribution >= 0.6 is 11.6 Å². The van der Waals surface area contributed by atoms with Crippen LogP contribution in [0.15, 0.2) is 18.5 Å². The smallest absolute Gasteiger partial charge is 0.262 e. The van der Waals surface area contributed by atoms with Crippen molar-refractivity contribution in [2.45, 2.75) is 13.8 Å². The molecule has 0 fully saturated rings. The van der Waals surface area contributed by atoms with E-state index in [1.807, 2.05) is 13.8 Å². The summed E-state index contributed by atoms with van der Waals surface area (Å²) >= 11 is 5.99. The van der Waals surface area contributed by atoms with E-state index in [1.54, 1.807) is 6.07 Å². The quantitative estimate of drug-likeness (QED) is 0.501. The largest absolute Gasteiger partial charge is 0.334 e. The van der Waals surface area contributed by atoms with Gasteiger partial charge in [0.2, 0.25) is 0 Å². The van der Waals surface area contributed by atoms with Crippen molar-refractivity contribution < 1.29 is 4.92 Å². The second-order valence-electron chi connectivity index (χ2n) is 3.23. The number of pyridine rings is 2. The summed E-state index contributed by atoms with van der Waals surface area (Å²) in [4.78, 5) is 14.3. The number of rotatable bonds is 1. The average molecular weight is 281 g/mol. The van der Waals surface area contributed by atoms with Crippen molar-refractivity contribution in [3.8, 4) is 0 Å². The van der Waals surface area contributed by atoms with Crippen LogP contribution in [0.3, 0.4) is 0 Å². The summed E-state index contributed by atoms with van der Waals surface area (Å²) in [5, 5.41) is 22.2. The Hall–Kier alpha value is -2.35. The summed E-state index contributed by atoms with van der Waals surface area (Å²) in [6.45, 7) is 4.00. The van der Waals surface area contributed by atoms with Gasteiger partial charge in [-0.2, -0.15) is 4.52 Å². The van der Waals surface area contributed by atoms with Gasteiger partial charge >= 0.3 is 5.69 Å². The van der Waals surface area contributed by atoms with Crippen LogP contribution in [0.2, 0.25) is 5.02 Å². The van der Waals surface area contributed by atoms with Gasteiger partial charge in [-0.3, -0.25) is 15.1 Å². The zero-order valence-corrected chi connectivity index (χ0v) is 10.9. The van der Waals surface area contributed by atoms with Crippen LogP contribution in [0.5, 0.6) is 0 Å². The van der Waals surface area contributed by atoms with Gasteiger partial charge in [0, 0.05) is 11.6 Å². The summed E-state index contributed by atoms with van der Waals surface area (Å²) in [6.07, 6.45) is 2.99. The van der Waals surface area contributed by atoms with E-state index in [9.17, 15) is 10.1 Å². The minimum absolute atomic E-state index is 0.000463. The third kappa shape index (κ3) is 1.95. The van der Waals surface area contributed by atoms with E-state index in [0.717, 1.165) is 0 Å². The van der Waals surface area contributed by atoms with Crippen molar-refractivity contribution in [1.82, 2.24) is 25.0 Å². The van der Waals surface area contributed by atoms with Crippen molar-refractivity contribution >= 4 is 33.8 Å². The predicted octanol–water partition coefficient (Wildman–Crippen LogP) is 2.26. The lowest BCUT2D eigenvalue weighted by molar-refractivity contribution is -0.383. The Morgan fingerprint density at radius 3 is 2.84 bits per heavy atom. The molecule has 8 nitrogen and oxygen atoms in total. The minimum Gasteiger partial charge on any atom is -0.262 e. The molecule has 19 heavy (non-hydrogen) atoms. The van der Waals surface area contributed by atoms with E-state index >= 15 is 0 Å². The second-order valence-corrected chi connectivity index (χ2v) is 3.60. The minimum atomic E-state index is -0.603. The molecular formula is C10H9ClN6O2. The molecule has 0 aromatic carbocycles. The molecule has 0 aliphatic carbocycles. The maximum absolute atomic E-state index is 11.0.